The Balaban J connectivity index is 1.80. The molecule has 0 unspecified atom stereocenters. The van der Waals surface area contributed by atoms with E-state index in [-0.39, 0.29) is 12.1 Å². The summed E-state index contributed by atoms with van der Waals surface area (Å²) in [6, 6.07) is 0.398. The lowest BCUT2D eigenvalue weighted by Gasteiger charge is -2.35. The predicted molar refractivity (Wildman–Crippen MR) is 72.6 cm³/mol. The molecule has 0 atom stereocenters. The van der Waals surface area contributed by atoms with E-state index in [1.807, 2.05) is 36.7 Å². The van der Waals surface area contributed by atoms with Crippen LogP contribution in [0.3, 0.4) is 0 Å². The van der Waals surface area contributed by atoms with Gasteiger partial charge in [-0.25, -0.2) is 4.79 Å². The Labute approximate surface area is 114 Å². The van der Waals surface area contributed by atoms with Crippen LogP contribution in [0.5, 0.6) is 0 Å². The Morgan fingerprint density at radius 3 is 2.63 bits per heavy atom. The third kappa shape index (κ3) is 3.45. The summed E-state index contributed by atoms with van der Waals surface area (Å²) in [5.41, 5.74) is 0. The number of piperidine rings is 1. The summed E-state index contributed by atoms with van der Waals surface area (Å²) in [6.07, 6.45) is 5.68. The van der Waals surface area contributed by atoms with E-state index < -0.39 is 0 Å². The summed E-state index contributed by atoms with van der Waals surface area (Å²) < 4.78 is 1.88. The van der Waals surface area contributed by atoms with Crippen molar-refractivity contribution >= 4 is 6.03 Å². The third-order valence-corrected chi connectivity index (χ3v) is 3.88. The average Bonchev–Trinajstić information content (AvgIpc) is 2.90. The van der Waals surface area contributed by atoms with Crippen LogP contribution in [0.25, 0.3) is 0 Å². The molecule has 106 valence electrons. The van der Waals surface area contributed by atoms with Gasteiger partial charge in [0.2, 0.25) is 0 Å². The van der Waals surface area contributed by atoms with E-state index in [0.717, 1.165) is 32.5 Å². The number of amides is 2. The second kappa shape index (κ2) is 6.04. The molecule has 1 saturated heterocycles. The minimum Gasteiger partial charge on any atom is -0.325 e. The number of aromatic nitrogens is 3. The Hall–Kier alpha value is -1.59. The largest absolute Gasteiger partial charge is 0.325 e. The first-order valence-electron chi connectivity index (χ1n) is 6.93. The first-order chi connectivity index (χ1) is 9.08. The molecule has 0 aliphatic carbocycles. The quantitative estimate of drug-likeness (QED) is 0.831. The molecule has 0 spiro atoms. The van der Waals surface area contributed by atoms with Gasteiger partial charge in [-0.3, -0.25) is 4.68 Å². The number of hydrogen-bond donors (Lipinski definition) is 0. The van der Waals surface area contributed by atoms with Gasteiger partial charge in [0.1, 0.15) is 0 Å². The van der Waals surface area contributed by atoms with E-state index >= 15 is 0 Å². The summed E-state index contributed by atoms with van der Waals surface area (Å²) in [5, 5.41) is 7.81. The highest BCUT2D eigenvalue weighted by atomic mass is 16.2. The van der Waals surface area contributed by atoms with Crippen molar-refractivity contribution in [2.45, 2.75) is 39.3 Å². The molecule has 19 heavy (non-hydrogen) atoms. The number of carbonyl (C=O) groups excluding carboxylic acids is 1. The molecule has 0 radical (unpaired) electrons. The normalized spacial score (nSPS) is 16.9. The minimum atomic E-state index is 0.147. The fraction of sp³-hybridized carbons (Fsp3) is 0.769. The molecule has 2 rings (SSSR count). The van der Waals surface area contributed by atoms with Crippen LogP contribution in [-0.4, -0.2) is 57.0 Å². The Morgan fingerprint density at radius 1 is 1.42 bits per heavy atom. The fourth-order valence-corrected chi connectivity index (χ4v) is 2.35. The topological polar surface area (TPSA) is 54.3 Å². The van der Waals surface area contributed by atoms with Gasteiger partial charge >= 0.3 is 6.03 Å². The molecule has 1 aliphatic rings. The number of carbonyl (C=O) groups is 1. The van der Waals surface area contributed by atoms with Gasteiger partial charge in [0, 0.05) is 38.9 Å². The maximum atomic E-state index is 12.2. The molecule has 6 heteroatoms. The van der Waals surface area contributed by atoms with Crippen molar-refractivity contribution in [2.24, 2.45) is 5.92 Å². The molecular formula is C13H23N5O. The molecule has 0 N–H and O–H groups in total. The highest BCUT2D eigenvalue weighted by molar-refractivity contribution is 5.74. The van der Waals surface area contributed by atoms with E-state index in [2.05, 4.69) is 10.3 Å². The van der Waals surface area contributed by atoms with Gasteiger partial charge < -0.3 is 9.80 Å². The van der Waals surface area contributed by atoms with Gasteiger partial charge in [-0.05, 0) is 32.6 Å². The third-order valence-electron chi connectivity index (χ3n) is 3.88. The maximum absolute atomic E-state index is 12.2. The van der Waals surface area contributed by atoms with Gasteiger partial charge in [-0.2, -0.15) is 0 Å². The SMILES string of the molecule is CC(C)N(C)C(=O)N1CCC(Cn2ccnn2)CC1. The molecule has 1 aliphatic heterocycles. The second-order valence-corrected chi connectivity index (χ2v) is 5.54. The maximum Gasteiger partial charge on any atom is 0.319 e. The monoisotopic (exact) mass is 265 g/mol. The lowest BCUT2D eigenvalue weighted by Crippen LogP contribution is -2.47. The van der Waals surface area contributed by atoms with Crippen LogP contribution in [0.15, 0.2) is 12.4 Å². The molecule has 2 amide bonds. The number of hydrogen-bond acceptors (Lipinski definition) is 3. The standard InChI is InChI=1S/C13H23N5O/c1-11(2)16(3)13(19)17-7-4-12(5-8-17)10-18-9-6-14-15-18/h6,9,11-12H,4-5,7-8,10H2,1-3H3. The van der Waals surface area contributed by atoms with E-state index in [4.69, 9.17) is 0 Å². The van der Waals surface area contributed by atoms with Crippen LogP contribution in [0.2, 0.25) is 0 Å². The Kier molecular flexibility index (Phi) is 4.39. The van der Waals surface area contributed by atoms with Crippen LogP contribution >= 0.6 is 0 Å². The van der Waals surface area contributed by atoms with Gasteiger partial charge in [0.05, 0.1) is 6.20 Å². The van der Waals surface area contributed by atoms with Crippen LogP contribution in [0, 0.1) is 5.92 Å². The van der Waals surface area contributed by atoms with Crippen molar-refractivity contribution in [3.63, 3.8) is 0 Å². The van der Waals surface area contributed by atoms with Crippen molar-refractivity contribution in [3.05, 3.63) is 12.4 Å². The Morgan fingerprint density at radius 2 is 2.11 bits per heavy atom. The molecule has 1 fully saturated rings. The smallest absolute Gasteiger partial charge is 0.319 e. The van der Waals surface area contributed by atoms with Crippen LogP contribution in [0.1, 0.15) is 26.7 Å². The average molecular weight is 265 g/mol. The lowest BCUT2D eigenvalue weighted by atomic mass is 9.97. The molecule has 6 nitrogen and oxygen atoms in total. The highest BCUT2D eigenvalue weighted by Gasteiger charge is 2.25. The second-order valence-electron chi connectivity index (χ2n) is 5.54. The van der Waals surface area contributed by atoms with Crippen LogP contribution < -0.4 is 0 Å². The summed E-state index contributed by atoms with van der Waals surface area (Å²) in [7, 11) is 1.87. The van der Waals surface area contributed by atoms with E-state index in [0.29, 0.717) is 5.92 Å². The molecule has 0 aromatic carbocycles. The first-order valence-corrected chi connectivity index (χ1v) is 6.93. The number of nitrogens with zero attached hydrogens (tertiary/aromatic N) is 5. The molecule has 0 bridgehead atoms. The predicted octanol–water partition coefficient (Wildman–Crippen LogP) is 1.45. The van der Waals surface area contributed by atoms with Gasteiger partial charge in [-0.15, -0.1) is 5.10 Å². The van der Waals surface area contributed by atoms with Gasteiger partial charge in [-0.1, -0.05) is 5.21 Å². The zero-order valence-corrected chi connectivity index (χ0v) is 12.0. The van der Waals surface area contributed by atoms with Crippen molar-refractivity contribution < 1.29 is 4.79 Å². The van der Waals surface area contributed by atoms with Crippen molar-refractivity contribution in [3.8, 4) is 0 Å². The molecule has 1 aromatic heterocycles. The molecule has 2 heterocycles. The summed E-state index contributed by atoms with van der Waals surface area (Å²) in [5.74, 6) is 0.593. The first kappa shape index (κ1) is 13.8. The van der Waals surface area contributed by atoms with Crippen molar-refractivity contribution in [2.75, 3.05) is 20.1 Å². The van der Waals surface area contributed by atoms with Gasteiger partial charge in [0.15, 0.2) is 0 Å². The zero-order chi connectivity index (χ0) is 13.8. The summed E-state index contributed by atoms with van der Waals surface area (Å²) >= 11 is 0. The Bertz CT molecular complexity index is 395. The summed E-state index contributed by atoms with van der Waals surface area (Å²) in [6.45, 7) is 6.66. The van der Waals surface area contributed by atoms with Gasteiger partial charge in [0.25, 0.3) is 0 Å². The van der Waals surface area contributed by atoms with E-state index in [1.54, 1.807) is 11.1 Å². The van der Waals surface area contributed by atoms with Crippen LogP contribution in [-0.2, 0) is 6.54 Å². The zero-order valence-electron chi connectivity index (χ0n) is 12.0. The van der Waals surface area contributed by atoms with Crippen molar-refractivity contribution in [1.29, 1.82) is 0 Å². The van der Waals surface area contributed by atoms with Crippen molar-refractivity contribution in [1.82, 2.24) is 24.8 Å². The highest BCUT2D eigenvalue weighted by Crippen LogP contribution is 2.19. The molecule has 0 saturated carbocycles. The van der Waals surface area contributed by atoms with E-state index in [9.17, 15) is 4.79 Å². The summed E-state index contributed by atoms with van der Waals surface area (Å²) in [4.78, 5) is 15.9. The lowest BCUT2D eigenvalue weighted by molar-refractivity contribution is 0.128. The minimum absolute atomic E-state index is 0.147. The number of rotatable bonds is 3. The molecular weight excluding hydrogens is 242 g/mol. The molecule has 1 aromatic rings. The number of urea groups is 1. The van der Waals surface area contributed by atoms with E-state index in [1.165, 1.54) is 0 Å². The fourth-order valence-electron chi connectivity index (χ4n) is 2.35. The number of likely N-dealkylation sites (tertiary alicyclic amines) is 1. The van der Waals surface area contributed by atoms with Crippen LogP contribution in [0.4, 0.5) is 4.79 Å².